The van der Waals surface area contributed by atoms with E-state index >= 15 is 0 Å². The van der Waals surface area contributed by atoms with E-state index in [1.165, 1.54) is 42.4 Å². The second-order valence-corrected chi connectivity index (χ2v) is 6.93. The third kappa shape index (κ3) is 5.05. The number of aromatic nitrogens is 1. The van der Waals surface area contributed by atoms with E-state index in [4.69, 9.17) is 5.73 Å². The van der Waals surface area contributed by atoms with Crippen molar-refractivity contribution in [2.75, 3.05) is 19.0 Å². The van der Waals surface area contributed by atoms with Crippen LogP contribution >= 0.6 is 0 Å². The zero-order chi connectivity index (χ0) is 23.5. The Morgan fingerprint density at radius 1 is 1.16 bits per heavy atom. The summed E-state index contributed by atoms with van der Waals surface area (Å²) in [7, 11) is 3.16. The predicted molar refractivity (Wildman–Crippen MR) is 119 cm³/mol. The second-order valence-electron chi connectivity index (χ2n) is 6.93. The average Bonchev–Trinajstić information content (AvgIpc) is 2.75. The normalized spacial score (nSPS) is 12.4. The van der Waals surface area contributed by atoms with E-state index in [-0.39, 0.29) is 17.4 Å². The van der Waals surface area contributed by atoms with Gasteiger partial charge in [0.15, 0.2) is 0 Å². The van der Waals surface area contributed by atoms with E-state index in [1.807, 2.05) is 19.1 Å². The van der Waals surface area contributed by atoms with Crippen molar-refractivity contribution in [1.29, 1.82) is 0 Å². The monoisotopic (exact) mass is 442 g/mol. The Hall–Kier alpha value is -3.88. The van der Waals surface area contributed by atoms with E-state index in [1.54, 1.807) is 25.2 Å². The third-order valence-corrected chi connectivity index (χ3v) is 4.77. The molecule has 0 spiro atoms. The minimum absolute atomic E-state index is 0.226. The van der Waals surface area contributed by atoms with Gasteiger partial charge in [-0.3, -0.25) is 9.79 Å². The van der Waals surface area contributed by atoms with Crippen LogP contribution in [0.5, 0.6) is 5.75 Å². The van der Waals surface area contributed by atoms with Gasteiger partial charge >= 0.3 is 6.36 Å². The number of ether oxygens (including phenoxy) is 1. The van der Waals surface area contributed by atoms with Crippen LogP contribution in [0, 0.1) is 6.92 Å². The maximum absolute atomic E-state index is 12.6. The highest BCUT2D eigenvalue weighted by Gasteiger charge is 2.31. The molecule has 1 aromatic heterocycles. The zero-order valence-corrected chi connectivity index (χ0v) is 17.6. The minimum Gasteiger partial charge on any atom is -0.406 e. The fourth-order valence-electron chi connectivity index (χ4n) is 3.27. The molecule has 32 heavy (non-hydrogen) atoms. The number of amides is 1. The maximum atomic E-state index is 12.6. The first-order valence-corrected chi connectivity index (χ1v) is 9.53. The van der Waals surface area contributed by atoms with Gasteiger partial charge in [0.2, 0.25) is 0 Å². The summed E-state index contributed by atoms with van der Waals surface area (Å²) in [5.74, 6) is -0.599. The molecule has 0 bridgehead atoms. The van der Waals surface area contributed by atoms with Gasteiger partial charge in [0.25, 0.3) is 5.91 Å². The van der Waals surface area contributed by atoms with Crippen molar-refractivity contribution in [3.8, 4) is 17.0 Å². The Bertz CT molecular complexity index is 1220. The molecule has 0 fully saturated rings. The molecule has 0 aliphatic carbocycles. The predicted octanol–water partition coefficient (Wildman–Crippen LogP) is 4.61. The Morgan fingerprint density at radius 3 is 2.53 bits per heavy atom. The first kappa shape index (κ1) is 22.8. The first-order chi connectivity index (χ1) is 15.1. The quantitative estimate of drug-likeness (QED) is 0.585. The Kier molecular flexibility index (Phi) is 6.47. The molecular weight excluding hydrogens is 421 g/mol. The molecule has 0 atom stereocenters. The molecule has 0 aliphatic rings. The summed E-state index contributed by atoms with van der Waals surface area (Å²) in [6.45, 7) is 1.87. The van der Waals surface area contributed by atoms with Crippen molar-refractivity contribution in [3.05, 3.63) is 66.4 Å². The molecule has 3 aromatic rings. The summed E-state index contributed by atoms with van der Waals surface area (Å²) in [4.78, 5) is 22.6. The number of rotatable bonds is 5. The van der Waals surface area contributed by atoms with Crippen molar-refractivity contribution in [1.82, 2.24) is 4.98 Å². The number of halogens is 3. The van der Waals surface area contributed by atoms with Gasteiger partial charge in [-0.15, -0.1) is 13.2 Å². The van der Waals surface area contributed by atoms with Gasteiger partial charge in [-0.2, -0.15) is 0 Å². The lowest BCUT2D eigenvalue weighted by molar-refractivity contribution is -0.274. The fraction of sp³-hybridized carbons (Fsp3) is 0.174. The largest absolute Gasteiger partial charge is 0.573 e. The van der Waals surface area contributed by atoms with Crippen LogP contribution in [0.4, 0.5) is 18.9 Å². The van der Waals surface area contributed by atoms with E-state index in [0.29, 0.717) is 22.3 Å². The third-order valence-electron chi connectivity index (χ3n) is 4.77. The molecule has 6 nitrogen and oxygen atoms in total. The Morgan fingerprint density at radius 2 is 1.91 bits per heavy atom. The number of anilines is 1. The molecule has 2 N–H and O–H groups in total. The Balaban J connectivity index is 1.89. The number of nitrogens with two attached hydrogens (primary N) is 1. The molecule has 0 saturated heterocycles. The number of fused-ring (bicyclic) bond motifs is 1. The highest BCUT2D eigenvalue weighted by molar-refractivity contribution is 6.47. The van der Waals surface area contributed by atoms with Gasteiger partial charge in [-0.05, 0) is 61.2 Å². The molecule has 2 aromatic carbocycles. The summed E-state index contributed by atoms with van der Waals surface area (Å²) in [6, 6.07) is 12.9. The molecule has 3 rings (SSSR count). The molecule has 9 heteroatoms. The number of carbonyl (C=O) groups is 1. The Labute approximate surface area is 182 Å². The van der Waals surface area contributed by atoms with Gasteiger partial charge in [-0.1, -0.05) is 12.1 Å². The fourth-order valence-corrected chi connectivity index (χ4v) is 3.27. The molecule has 1 heterocycles. The summed E-state index contributed by atoms with van der Waals surface area (Å²) in [5, 5.41) is 0.522. The highest BCUT2D eigenvalue weighted by atomic mass is 19.4. The molecule has 0 aliphatic heterocycles. The van der Waals surface area contributed by atoms with Gasteiger partial charge < -0.3 is 15.4 Å². The summed E-state index contributed by atoms with van der Waals surface area (Å²) >= 11 is 0. The van der Waals surface area contributed by atoms with Crippen molar-refractivity contribution < 1.29 is 22.7 Å². The lowest BCUT2D eigenvalue weighted by Crippen LogP contribution is -2.33. The van der Waals surface area contributed by atoms with E-state index in [2.05, 4.69) is 14.7 Å². The number of alkyl halides is 3. The maximum Gasteiger partial charge on any atom is 0.573 e. The zero-order valence-electron chi connectivity index (χ0n) is 17.6. The highest BCUT2D eigenvalue weighted by Crippen LogP contribution is 2.30. The van der Waals surface area contributed by atoms with Crippen LogP contribution in [0.2, 0.25) is 0 Å². The second kappa shape index (κ2) is 9.09. The number of hydrogen-bond donors (Lipinski definition) is 1. The molecule has 0 radical (unpaired) electrons. The van der Waals surface area contributed by atoms with Gasteiger partial charge in [0, 0.05) is 30.7 Å². The van der Waals surface area contributed by atoms with Crippen LogP contribution in [0.25, 0.3) is 22.2 Å². The van der Waals surface area contributed by atoms with Crippen molar-refractivity contribution >= 4 is 28.2 Å². The standard InChI is InChI=1S/C23H21F3N4O2/c1-14-12-15(5-9-21(14)30(3)22(31)20(28-2)10-11-27)18-7-4-16-13-17(32-23(24,25)26)6-8-19(16)29-18/h4-13H,27H2,1-3H3. The van der Waals surface area contributed by atoms with E-state index in [0.717, 1.165) is 11.1 Å². The molecule has 1 amide bonds. The number of aliphatic imine (C=N–C) groups is 1. The van der Waals surface area contributed by atoms with E-state index in [9.17, 15) is 18.0 Å². The van der Waals surface area contributed by atoms with Crippen molar-refractivity contribution in [2.45, 2.75) is 13.3 Å². The number of hydrogen-bond acceptors (Lipinski definition) is 5. The van der Waals surface area contributed by atoms with Gasteiger partial charge in [0.05, 0.1) is 11.2 Å². The van der Waals surface area contributed by atoms with Gasteiger partial charge in [0.1, 0.15) is 11.5 Å². The minimum atomic E-state index is -4.75. The first-order valence-electron chi connectivity index (χ1n) is 9.53. The number of pyridine rings is 1. The molecular formula is C23H21F3N4O2. The van der Waals surface area contributed by atoms with Crippen LogP contribution in [-0.4, -0.2) is 37.1 Å². The number of benzene rings is 2. The summed E-state index contributed by atoms with van der Waals surface area (Å²) < 4.78 is 41.2. The molecule has 0 unspecified atom stereocenters. The summed E-state index contributed by atoms with van der Waals surface area (Å²) in [6.07, 6.45) is -2.06. The van der Waals surface area contributed by atoms with Crippen LogP contribution in [0.1, 0.15) is 5.56 Å². The van der Waals surface area contributed by atoms with Crippen LogP contribution in [-0.2, 0) is 4.79 Å². The topological polar surface area (TPSA) is 80.8 Å². The molecule has 0 saturated carbocycles. The van der Waals surface area contributed by atoms with Crippen LogP contribution in [0.3, 0.4) is 0 Å². The summed E-state index contributed by atoms with van der Waals surface area (Å²) in [5.41, 5.74) is 9.11. The molecule has 166 valence electrons. The lowest BCUT2D eigenvalue weighted by Gasteiger charge is -2.20. The smallest absolute Gasteiger partial charge is 0.406 e. The van der Waals surface area contributed by atoms with Crippen LogP contribution < -0.4 is 15.4 Å². The number of nitrogens with zero attached hydrogens (tertiary/aromatic N) is 3. The average molecular weight is 442 g/mol. The van der Waals surface area contributed by atoms with Gasteiger partial charge in [-0.25, -0.2) is 4.98 Å². The number of aryl methyl sites for hydroxylation is 1. The lowest BCUT2D eigenvalue weighted by atomic mass is 10.0. The van der Waals surface area contributed by atoms with Crippen molar-refractivity contribution in [3.63, 3.8) is 0 Å². The number of carbonyl (C=O) groups excluding carboxylic acids is 1. The van der Waals surface area contributed by atoms with Crippen LogP contribution in [0.15, 0.2) is 65.8 Å². The SMILES string of the molecule is CN=C(C=CN)C(=O)N(C)c1ccc(-c2ccc3cc(OC(F)(F)F)ccc3n2)cc1C. The van der Waals surface area contributed by atoms with E-state index < -0.39 is 6.36 Å². The van der Waals surface area contributed by atoms with Crippen molar-refractivity contribution in [2.24, 2.45) is 10.7 Å².